The topological polar surface area (TPSA) is 40.5 Å². The molecule has 11 heavy (non-hydrogen) atoms. The fourth-order valence-corrected chi connectivity index (χ4v) is 1.67. The summed E-state index contributed by atoms with van der Waals surface area (Å²) in [5.74, 6) is 0.00637. The van der Waals surface area contributed by atoms with E-state index in [-0.39, 0.29) is 12.4 Å². The highest BCUT2D eigenvalue weighted by molar-refractivity contribution is 9.10. The molecule has 2 nitrogen and oxygen atoms in total. The normalized spacial score (nSPS) is 10.1. The number of hydrogen-bond acceptors (Lipinski definition) is 2. The van der Waals surface area contributed by atoms with Gasteiger partial charge in [-0.05, 0) is 12.1 Å². The van der Waals surface area contributed by atoms with Crippen molar-refractivity contribution >= 4 is 27.5 Å². The highest BCUT2D eigenvalue weighted by Gasteiger charge is 2.05. The largest absolute Gasteiger partial charge is 0.507 e. The molecule has 0 bridgehead atoms. The summed E-state index contributed by atoms with van der Waals surface area (Å²) >= 11 is 8.76. The zero-order chi connectivity index (χ0) is 8.43. The van der Waals surface area contributed by atoms with E-state index in [1.807, 2.05) is 0 Å². The van der Waals surface area contributed by atoms with E-state index in [2.05, 4.69) is 15.9 Å². The van der Waals surface area contributed by atoms with E-state index in [0.29, 0.717) is 15.1 Å². The zero-order valence-electron chi connectivity index (χ0n) is 5.51. The molecule has 0 spiro atoms. The smallest absolute Gasteiger partial charge is 0.123 e. The molecular formula is C7H6BrClO2. The first-order chi connectivity index (χ1) is 5.15. The molecule has 0 unspecified atom stereocenters. The van der Waals surface area contributed by atoms with Crippen molar-refractivity contribution in [2.24, 2.45) is 0 Å². The Labute approximate surface area is 77.6 Å². The van der Waals surface area contributed by atoms with Crippen LogP contribution in [-0.4, -0.2) is 10.2 Å². The van der Waals surface area contributed by atoms with E-state index in [1.54, 1.807) is 6.07 Å². The molecule has 60 valence electrons. The van der Waals surface area contributed by atoms with Gasteiger partial charge < -0.3 is 10.2 Å². The lowest BCUT2D eigenvalue weighted by atomic mass is 10.2. The Morgan fingerprint density at radius 3 is 2.55 bits per heavy atom. The molecule has 0 fully saturated rings. The van der Waals surface area contributed by atoms with Crippen LogP contribution in [0.5, 0.6) is 5.75 Å². The van der Waals surface area contributed by atoms with Crippen molar-refractivity contribution in [3.8, 4) is 5.75 Å². The van der Waals surface area contributed by atoms with Crippen molar-refractivity contribution in [2.75, 3.05) is 0 Å². The van der Waals surface area contributed by atoms with Gasteiger partial charge in [0.05, 0.1) is 6.61 Å². The summed E-state index contributed by atoms with van der Waals surface area (Å²) in [6.45, 7) is -0.205. The van der Waals surface area contributed by atoms with Gasteiger partial charge in [0.1, 0.15) is 5.75 Å². The predicted octanol–water partition coefficient (Wildman–Crippen LogP) is 2.30. The molecule has 0 amide bonds. The van der Waals surface area contributed by atoms with Gasteiger partial charge in [-0.3, -0.25) is 0 Å². The summed E-state index contributed by atoms with van der Waals surface area (Å²) in [5.41, 5.74) is 0.453. The molecule has 1 aromatic rings. The monoisotopic (exact) mass is 236 g/mol. The third kappa shape index (κ3) is 1.86. The van der Waals surface area contributed by atoms with Crippen molar-refractivity contribution in [2.45, 2.75) is 6.61 Å². The molecule has 0 saturated carbocycles. The highest BCUT2D eigenvalue weighted by atomic mass is 79.9. The van der Waals surface area contributed by atoms with Gasteiger partial charge in [-0.1, -0.05) is 27.5 Å². The maximum absolute atomic E-state index is 9.20. The Morgan fingerprint density at radius 2 is 2.09 bits per heavy atom. The molecule has 0 radical (unpaired) electrons. The first-order valence-corrected chi connectivity index (χ1v) is 4.10. The van der Waals surface area contributed by atoms with Crippen LogP contribution in [0.25, 0.3) is 0 Å². The minimum Gasteiger partial charge on any atom is -0.507 e. The van der Waals surface area contributed by atoms with Gasteiger partial charge in [-0.2, -0.15) is 0 Å². The van der Waals surface area contributed by atoms with E-state index in [0.717, 1.165) is 0 Å². The molecular weight excluding hydrogens is 231 g/mol. The number of aliphatic hydroxyl groups is 1. The summed E-state index contributed by atoms with van der Waals surface area (Å²) < 4.78 is 0.616. The van der Waals surface area contributed by atoms with Gasteiger partial charge in [0.2, 0.25) is 0 Å². The fraction of sp³-hybridized carbons (Fsp3) is 0.143. The second-order valence-electron chi connectivity index (χ2n) is 2.04. The van der Waals surface area contributed by atoms with Crippen molar-refractivity contribution < 1.29 is 10.2 Å². The molecule has 0 heterocycles. The molecule has 2 N–H and O–H groups in total. The number of phenols is 1. The molecule has 0 aliphatic carbocycles. The number of aromatic hydroxyl groups is 1. The van der Waals surface area contributed by atoms with E-state index in [9.17, 15) is 5.11 Å². The Bertz CT molecular complexity index is 252. The van der Waals surface area contributed by atoms with Crippen LogP contribution in [-0.2, 0) is 6.61 Å². The van der Waals surface area contributed by atoms with Crippen molar-refractivity contribution in [3.05, 3.63) is 27.2 Å². The summed E-state index contributed by atoms with van der Waals surface area (Å²) in [4.78, 5) is 0. The Hall–Kier alpha value is -0.250. The lowest BCUT2D eigenvalue weighted by Gasteiger charge is -2.03. The van der Waals surface area contributed by atoms with Gasteiger partial charge in [0, 0.05) is 15.1 Å². The molecule has 1 aromatic carbocycles. The van der Waals surface area contributed by atoms with Crippen LogP contribution in [0.3, 0.4) is 0 Å². The second kappa shape index (κ2) is 3.43. The predicted molar refractivity (Wildman–Crippen MR) is 46.7 cm³/mol. The molecule has 0 atom stereocenters. The van der Waals surface area contributed by atoms with Crippen LogP contribution >= 0.6 is 27.5 Å². The SMILES string of the molecule is OCc1c(O)cc(Cl)cc1Br. The summed E-state index contributed by atoms with van der Waals surface area (Å²) in [6.07, 6.45) is 0. The summed E-state index contributed by atoms with van der Waals surface area (Å²) in [6, 6.07) is 3.00. The minimum absolute atomic E-state index is 0.00637. The number of hydrogen-bond donors (Lipinski definition) is 2. The maximum Gasteiger partial charge on any atom is 0.123 e. The molecule has 4 heteroatoms. The average molecular weight is 237 g/mol. The standard InChI is InChI=1S/C7H6BrClO2/c8-6-1-4(9)2-7(11)5(6)3-10/h1-2,10-11H,3H2. The third-order valence-corrected chi connectivity index (χ3v) is 2.22. The van der Waals surface area contributed by atoms with Crippen molar-refractivity contribution in [3.63, 3.8) is 0 Å². The van der Waals surface area contributed by atoms with Crippen molar-refractivity contribution in [1.29, 1.82) is 0 Å². The van der Waals surface area contributed by atoms with E-state index < -0.39 is 0 Å². The first kappa shape index (κ1) is 8.84. The number of halogens is 2. The van der Waals surface area contributed by atoms with E-state index in [4.69, 9.17) is 16.7 Å². The zero-order valence-corrected chi connectivity index (χ0v) is 7.85. The van der Waals surface area contributed by atoms with Crippen LogP contribution in [0.4, 0.5) is 0 Å². The summed E-state index contributed by atoms with van der Waals surface area (Å²) in [5, 5.41) is 18.4. The van der Waals surface area contributed by atoms with Crippen LogP contribution in [0.15, 0.2) is 16.6 Å². The first-order valence-electron chi connectivity index (χ1n) is 2.93. The molecule has 0 saturated heterocycles. The average Bonchev–Trinajstić information content (AvgIpc) is 1.85. The van der Waals surface area contributed by atoms with Crippen LogP contribution in [0, 0.1) is 0 Å². The van der Waals surface area contributed by atoms with Crippen LogP contribution < -0.4 is 0 Å². The van der Waals surface area contributed by atoms with Crippen LogP contribution in [0.1, 0.15) is 5.56 Å². The van der Waals surface area contributed by atoms with E-state index >= 15 is 0 Å². The maximum atomic E-state index is 9.20. The lowest BCUT2D eigenvalue weighted by Crippen LogP contribution is -1.85. The van der Waals surface area contributed by atoms with Gasteiger partial charge in [0.25, 0.3) is 0 Å². The van der Waals surface area contributed by atoms with Gasteiger partial charge >= 0.3 is 0 Å². The molecule has 1 rings (SSSR count). The van der Waals surface area contributed by atoms with Gasteiger partial charge in [-0.25, -0.2) is 0 Å². The number of benzene rings is 1. The fourth-order valence-electron chi connectivity index (χ4n) is 0.746. The molecule has 0 aliphatic rings. The summed E-state index contributed by atoms with van der Waals surface area (Å²) in [7, 11) is 0. The minimum atomic E-state index is -0.205. The van der Waals surface area contributed by atoms with E-state index in [1.165, 1.54) is 6.07 Å². The van der Waals surface area contributed by atoms with Gasteiger partial charge in [-0.15, -0.1) is 0 Å². The lowest BCUT2D eigenvalue weighted by molar-refractivity contribution is 0.274. The highest BCUT2D eigenvalue weighted by Crippen LogP contribution is 2.29. The molecule has 0 aliphatic heterocycles. The second-order valence-corrected chi connectivity index (χ2v) is 3.33. The van der Waals surface area contributed by atoms with Gasteiger partial charge in [0.15, 0.2) is 0 Å². The Kier molecular flexibility index (Phi) is 2.76. The Morgan fingerprint density at radius 1 is 1.45 bits per heavy atom. The number of aliphatic hydroxyl groups excluding tert-OH is 1. The quantitative estimate of drug-likeness (QED) is 0.787. The Balaban J connectivity index is 3.25. The molecule has 0 aromatic heterocycles. The van der Waals surface area contributed by atoms with Crippen molar-refractivity contribution in [1.82, 2.24) is 0 Å². The number of rotatable bonds is 1. The third-order valence-electron chi connectivity index (χ3n) is 1.29. The van der Waals surface area contributed by atoms with Crippen LogP contribution in [0.2, 0.25) is 5.02 Å².